The number of aliphatic imine (C=N–C) groups is 1. The van der Waals surface area contributed by atoms with E-state index in [-0.39, 0.29) is 0 Å². The van der Waals surface area contributed by atoms with Crippen molar-refractivity contribution in [2.24, 2.45) is 12.0 Å². The first kappa shape index (κ1) is 19.4. The van der Waals surface area contributed by atoms with Crippen LogP contribution in [0.4, 0.5) is 0 Å². The lowest BCUT2D eigenvalue weighted by Crippen LogP contribution is -2.38. The number of nitrogens with one attached hydrogen (secondary N) is 2. The van der Waals surface area contributed by atoms with Crippen molar-refractivity contribution in [1.29, 1.82) is 0 Å². The van der Waals surface area contributed by atoms with Gasteiger partial charge in [-0.1, -0.05) is 30.7 Å². The lowest BCUT2D eigenvalue weighted by molar-refractivity contribution is 0.152. The van der Waals surface area contributed by atoms with Gasteiger partial charge in [0.15, 0.2) is 5.96 Å². The van der Waals surface area contributed by atoms with Gasteiger partial charge >= 0.3 is 0 Å². The molecule has 146 valence electrons. The number of nitrogens with zero attached hydrogens (tertiary/aromatic N) is 5. The number of guanidine groups is 1. The van der Waals surface area contributed by atoms with Crippen molar-refractivity contribution in [1.82, 2.24) is 30.3 Å². The van der Waals surface area contributed by atoms with Crippen LogP contribution in [-0.2, 0) is 26.7 Å². The molecule has 0 radical (unpaired) electrons. The highest BCUT2D eigenvalue weighted by molar-refractivity contribution is 5.79. The molecule has 1 saturated heterocycles. The van der Waals surface area contributed by atoms with E-state index in [2.05, 4.69) is 61.8 Å². The Morgan fingerprint density at radius 2 is 1.96 bits per heavy atom. The third-order valence-corrected chi connectivity index (χ3v) is 5.32. The second kappa shape index (κ2) is 9.50. The first-order valence-corrected chi connectivity index (χ1v) is 9.75. The van der Waals surface area contributed by atoms with Crippen molar-refractivity contribution < 1.29 is 0 Å². The second-order valence-electron chi connectivity index (χ2n) is 7.16. The SMILES string of the molecule is CN=C(NCc1ccccc1CN1CCCCC1C)NCc1ncnn1C. The molecule has 2 N–H and O–H groups in total. The standard InChI is InChI=1S/C20H31N7/c1-16-8-6-7-11-27(16)14-18-10-5-4-9-17(18)12-22-20(21-2)23-13-19-24-15-25-26(19)3/h4-5,9-10,15-16H,6-8,11-14H2,1-3H3,(H2,21,22,23). The number of likely N-dealkylation sites (tertiary alicyclic amines) is 1. The minimum atomic E-state index is 0.586. The molecular weight excluding hydrogens is 338 g/mol. The summed E-state index contributed by atoms with van der Waals surface area (Å²) in [4.78, 5) is 11.1. The predicted molar refractivity (Wildman–Crippen MR) is 108 cm³/mol. The van der Waals surface area contributed by atoms with Gasteiger partial charge in [0.2, 0.25) is 0 Å². The summed E-state index contributed by atoms with van der Waals surface area (Å²) in [5.74, 6) is 1.64. The van der Waals surface area contributed by atoms with Crippen LogP contribution in [0.5, 0.6) is 0 Å². The molecule has 3 rings (SSSR count). The van der Waals surface area contributed by atoms with Crippen LogP contribution in [0.2, 0.25) is 0 Å². The van der Waals surface area contributed by atoms with E-state index in [1.807, 2.05) is 7.05 Å². The average Bonchev–Trinajstić information content (AvgIpc) is 3.10. The van der Waals surface area contributed by atoms with Gasteiger partial charge in [0.05, 0.1) is 6.54 Å². The maximum Gasteiger partial charge on any atom is 0.191 e. The lowest BCUT2D eigenvalue weighted by Gasteiger charge is -2.33. The molecule has 0 aliphatic carbocycles. The molecule has 1 fully saturated rings. The van der Waals surface area contributed by atoms with Crippen LogP contribution < -0.4 is 10.6 Å². The normalized spacial score (nSPS) is 18.5. The Morgan fingerprint density at radius 3 is 2.67 bits per heavy atom. The van der Waals surface area contributed by atoms with Crippen molar-refractivity contribution >= 4 is 5.96 Å². The molecule has 0 saturated carbocycles. The zero-order chi connectivity index (χ0) is 19.1. The molecule has 27 heavy (non-hydrogen) atoms. The summed E-state index contributed by atoms with van der Waals surface area (Å²) in [5.41, 5.74) is 2.71. The lowest BCUT2D eigenvalue weighted by atomic mass is 10.0. The molecule has 0 spiro atoms. The van der Waals surface area contributed by atoms with Crippen molar-refractivity contribution in [2.75, 3.05) is 13.6 Å². The van der Waals surface area contributed by atoms with Gasteiger partial charge in [-0.25, -0.2) is 4.98 Å². The molecule has 1 aliphatic heterocycles. The second-order valence-corrected chi connectivity index (χ2v) is 7.16. The highest BCUT2D eigenvalue weighted by atomic mass is 15.3. The molecule has 7 heteroatoms. The van der Waals surface area contributed by atoms with Gasteiger partial charge < -0.3 is 10.6 Å². The smallest absolute Gasteiger partial charge is 0.191 e. The number of aryl methyl sites for hydroxylation is 1. The highest BCUT2D eigenvalue weighted by Crippen LogP contribution is 2.20. The van der Waals surface area contributed by atoms with Crippen molar-refractivity contribution in [3.8, 4) is 0 Å². The first-order valence-electron chi connectivity index (χ1n) is 9.75. The van der Waals surface area contributed by atoms with E-state index < -0.39 is 0 Å². The topological polar surface area (TPSA) is 70.4 Å². The number of hydrogen-bond acceptors (Lipinski definition) is 4. The number of benzene rings is 1. The van der Waals surface area contributed by atoms with Crippen LogP contribution in [0, 0.1) is 0 Å². The molecule has 1 unspecified atom stereocenters. The Hall–Kier alpha value is -2.41. The van der Waals surface area contributed by atoms with Crippen molar-refractivity contribution in [2.45, 2.75) is 51.9 Å². The van der Waals surface area contributed by atoms with Crippen LogP contribution in [0.15, 0.2) is 35.6 Å². The third kappa shape index (κ3) is 5.29. The first-order chi connectivity index (χ1) is 13.2. The van der Waals surface area contributed by atoms with Gasteiger partial charge in [-0.05, 0) is 37.4 Å². The van der Waals surface area contributed by atoms with Crippen LogP contribution in [0.25, 0.3) is 0 Å². The minimum absolute atomic E-state index is 0.586. The Balaban J connectivity index is 1.57. The summed E-state index contributed by atoms with van der Waals surface area (Å²) in [6.07, 6.45) is 5.53. The number of piperidine rings is 1. The van der Waals surface area contributed by atoms with Gasteiger partial charge in [0.25, 0.3) is 0 Å². The van der Waals surface area contributed by atoms with Gasteiger partial charge in [-0.15, -0.1) is 0 Å². The quantitative estimate of drug-likeness (QED) is 0.602. The fourth-order valence-corrected chi connectivity index (χ4v) is 3.54. The molecule has 1 aliphatic rings. The molecule has 2 heterocycles. The van der Waals surface area contributed by atoms with E-state index in [0.29, 0.717) is 12.6 Å². The molecule has 0 bridgehead atoms. The number of aromatic nitrogens is 3. The minimum Gasteiger partial charge on any atom is -0.352 e. The maximum atomic E-state index is 4.32. The summed E-state index contributed by atoms with van der Waals surface area (Å²) < 4.78 is 1.76. The third-order valence-electron chi connectivity index (χ3n) is 5.32. The number of hydrogen-bond donors (Lipinski definition) is 2. The van der Waals surface area contributed by atoms with Gasteiger partial charge in [0.1, 0.15) is 12.2 Å². The van der Waals surface area contributed by atoms with Crippen molar-refractivity contribution in [3.05, 3.63) is 47.5 Å². The average molecular weight is 370 g/mol. The fourth-order valence-electron chi connectivity index (χ4n) is 3.54. The van der Waals surface area contributed by atoms with Crippen LogP contribution in [0.1, 0.15) is 43.1 Å². The highest BCUT2D eigenvalue weighted by Gasteiger charge is 2.19. The summed E-state index contributed by atoms with van der Waals surface area (Å²) >= 11 is 0. The Morgan fingerprint density at radius 1 is 1.19 bits per heavy atom. The molecule has 0 amide bonds. The molecule has 7 nitrogen and oxygen atoms in total. The van der Waals surface area contributed by atoms with Gasteiger partial charge in [-0.3, -0.25) is 14.6 Å². The Kier molecular flexibility index (Phi) is 6.81. The van der Waals surface area contributed by atoms with E-state index in [4.69, 9.17) is 0 Å². The zero-order valence-electron chi connectivity index (χ0n) is 16.6. The predicted octanol–water partition coefficient (Wildman–Crippen LogP) is 2.05. The summed E-state index contributed by atoms with van der Waals surface area (Å²) in [5, 5.41) is 10.8. The zero-order valence-corrected chi connectivity index (χ0v) is 16.6. The molecular formula is C20H31N7. The van der Waals surface area contributed by atoms with E-state index in [1.54, 1.807) is 18.1 Å². The van der Waals surface area contributed by atoms with Crippen molar-refractivity contribution in [3.63, 3.8) is 0 Å². The largest absolute Gasteiger partial charge is 0.352 e. The monoisotopic (exact) mass is 369 g/mol. The van der Waals surface area contributed by atoms with E-state index in [0.717, 1.165) is 24.9 Å². The molecule has 1 aromatic carbocycles. The van der Waals surface area contributed by atoms with E-state index in [1.165, 1.54) is 36.9 Å². The van der Waals surface area contributed by atoms with Gasteiger partial charge in [-0.2, -0.15) is 5.10 Å². The Labute approximate surface area is 161 Å². The number of rotatable bonds is 6. The summed E-state index contributed by atoms with van der Waals surface area (Å²) in [6, 6.07) is 9.35. The van der Waals surface area contributed by atoms with Crippen LogP contribution >= 0.6 is 0 Å². The van der Waals surface area contributed by atoms with Crippen LogP contribution in [0.3, 0.4) is 0 Å². The van der Waals surface area contributed by atoms with E-state index in [9.17, 15) is 0 Å². The van der Waals surface area contributed by atoms with Gasteiger partial charge in [0, 0.05) is 33.2 Å². The Bertz CT molecular complexity index is 752. The summed E-state index contributed by atoms with van der Waals surface area (Å²) in [6.45, 7) is 5.89. The van der Waals surface area contributed by atoms with Crippen LogP contribution in [-0.4, -0.2) is 45.3 Å². The van der Waals surface area contributed by atoms with E-state index >= 15 is 0 Å². The molecule has 1 aromatic heterocycles. The summed E-state index contributed by atoms with van der Waals surface area (Å²) in [7, 11) is 3.67. The fraction of sp³-hybridized carbons (Fsp3) is 0.550. The molecule has 1 atom stereocenters. The maximum absolute atomic E-state index is 4.32. The molecule has 2 aromatic rings.